The number of hydrogen-bond donors (Lipinski definition) is 3. The van der Waals surface area contributed by atoms with Gasteiger partial charge in [0.25, 0.3) is 0 Å². The van der Waals surface area contributed by atoms with Crippen LogP contribution in [-0.4, -0.2) is 24.7 Å². The largest absolute Gasteiger partial charge is 0.326 e. The van der Waals surface area contributed by atoms with Gasteiger partial charge in [-0.2, -0.15) is 0 Å². The zero-order valence-electron chi connectivity index (χ0n) is 5.38. The molecule has 0 spiro atoms. The molecule has 9 heavy (non-hydrogen) atoms. The smallest absolute Gasteiger partial charge is 0.0374 e. The normalized spacial score (nSPS) is 56.7. The molecule has 2 bridgehead atoms. The Morgan fingerprint density at radius 3 is 2.33 bits per heavy atom. The molecule has 0 aromatic heterocycles. The third-order valence-corrected chi connectivity index (χ3v) is 2.61. The van der Waals surface area contributed by atoms with Crippen LogP contribution in [0, 0.1) is 5.92 Å². The molecular formula is C6H13N3. The average molecular weight is 127 g/mol. The SMILES string of the molecule is NC1CC2CNC1C2N. The molecule has 0 aromatic carbocycles. The van der Waals surface area contributed by atoms with Crippen LogP contribution in [0.1, 0.15) is 6.42 Å². The molecule has 1 saturated carbocycles. The maximum atomic E-state index is 5.83. The molecule has 1 aliphatic carbocycles. The third-order valence-electron chi connectivity index (χ3n) is 2.61. The lowest BCUT2D eigenvalue weighted by Gasteiger charge is -2.17. The highest BCUT2D eigenvalue weighted by atomic mass is 15.1. The summed E-state index contributed by atoms with van der Waals surface area (Å²) in [6, 6.07) is 1.06. The molecule has 5 N–H and O–H groups in total. The number of hydrogen-bond acceptors (Lipinski definition) is 3. The maximum absolute atomic E-state index is 5.83. The number of rotatable bonds is 0. The molecule has 52 valence electrons. The molecule has 2 aliphatic rings. The topological polar surface area (TPSA) is 64.1 Å². The molecule has 4 unspecified atom stereocenters. The summed E-state index contributed by atoms with van der Waals surface area (Å²) in [4.78, 5) is 0. The van der Waals surface area contributed by atoms with Crippen LogP contribution in [0.4, 0.5) is 0 Å². The number of nitrogens with one attached hydrogen (secondary N) is 1. The second-order valence-corrected chi connectivity index (χ2v) is 3.17. The summed E-state index contributed by atoms with van der Waals surface area (Å²) < 4.78 is 0. The van der Waals surface area contributed by atoms with Crippen molar-refractivity contribution in [3.63, 3.8) is 0 Å². The van der Waals surface area contributed by atoms with Gasteiger partial charge in [-0.05, 0) is 18.9 Å². The van der Waals surface area contributed by atoms with E-state index in [1.54, 1.807) is 0 Å². The van der Waals surface area contributed by atoms with Crippen molar-refractivity contribution in [2.75, 3.05) is 6.54 Å². The lowest BCUT2D eigenvalue weighted by molar-refractivity contribution is 0.446. The van der Waals surface area contributed by atoms with E-state index in [4.69, 9.17) is 11.5 Å². The van der Waals surface area contributed by atoms with Crippen LogP contribution in [0.15, 0.2) is 0 Å². The Morgan fingerprint density at radius 2 is 2.11 bits per heavy atom. The standard InChI is InChI=1S/C6H13N3/c7-4-1-3-2-9-6(4)5(3)8/h3-6,9H,1-2,7-8H2. The quantitative estimate of drug-likeness (QED) is 0.376. The van der Waals surface area contributed by atoms with Gasteiger partial charge in [-0.25, -0.2) is 0 Å². The molecule has 4 atom stereocenters. The summed E-state index contributed by atoms with van der Waals surface area (Å²) in [6.45, 7) is 1.08. The second-order valence-electron chi connectivity index (χ2n) is 3.17. The van der Waals surface area contributed by atoms with Crippen molar-refractivity contribution in [3.8, 4) is 0 Å². The number of nitrogens with two attached hydrogens (primary N) is 2. The van der Waals surface area contributed by atoms with Gasteiger partial charge < -0.3 is 16.8 Å². The first-order valence-electron chi connectivity index (χ1n) is 3.53. The highest BCUT2D eigenvalue weighted by Gasteiger charge is 2.44. The zero-order valence-corrected chi connectivity index (χ0v) is 5.38. The van der Waals surface area contributed by atoms with Gasteiger partial charge in [0.05, 0.1) is 0 Å². The third kappa shape index (κ3) is 0.625. The Bertz CT molecular complexity index is 125. The summed E-state index contributed by atoms with van der Waals surface area (Å²) in [5, 5.41) is 3.31. The van der Waals surface area contributed by atoms with Crippen molar-refractivity contribution in [2.45, 2.75) is 24.5 Å². The van der Waals surface area contributed by atoms with E-state index < -0.39 is 0 Å². The minimum atomic E-state index is 0.318. The van der Waals surface area contributed by atoms with Gasteiger partial charge >= 0.3 is 0 Å². The van der Waals surface area contributed by atoms with Crippen molar-refractivity contribution in [3.05, 3.63) is 0 Å². The Balaban J connectivity index is 2.16. The van der Waals surface area contributed by atoms with E-state index in [9.17, 15) is 0 Å². The predicted molar refractivity (Wildman–Crippen MR) is 35.8 cm³/mol. The summed E-state index contributed by atoms with van der Waals surface area (Å²) in [6.07, 6.45) is 1.12. The lowest BCUT2D eigenvalue weighted by atomic mass is 10.1. The molecule has 0 radical (unpaired) electrons. The highest BCUT2D eigenvalue weighted by molar-refractivity contribution is 5.06. The summed E-state index contributed by atoms with van der Waals surface area (Å²) in [5.74, 6) is 0.657. The Labute approximate surface area is 54.8 Å². The summed E-state index contributed by atoms with van der Waals surface area (Å²) in [5.41, 5.74) is 11.6. The molecule has 1 saturated heterocycles. The second kappa shape index (κ2) is 1.68. The summed E-state index contributed by atoms with van der Waals surface area (Å²) in [7, 11) is 0. The Morgan fingerprint density at radius 1 is 1.33 bits per heavy atom. The first kappa shape index (κ1) is 5.65. The molecule has 1 aliphatic heterocycles. The first-order chi connectivity index (χ1) is 4.29. The number of piperidine rings is 1. The highest BCUT2D eigenvalue weighted by Crippen LogP contribution is 2.28. The summed E-state index contributed by atoms with van der Waals surface area (Å²) >= 11 is 0. The monoisotopic (exact) mass is 127 g/mol. The van der Waals surface area contributed by atoms with Gasteiger partial charge in [0.15, 0.2) is 0 Å². The fraction of sp³-hybridized carbons (Fsp3) is 1.00. The van der Waals surface area contributed by atoms with E-state index in [0.29, 0.717) is 24.0 Å². The molecule has 3 heteroatoms. The van der Waals surface area contributed by atoms with Crippen molar-refractivity contribution < 1.29 is 0 Å². The van der Waals surface area contributed by atoms with Crippen LogP contribution in [0.25, 0.3) is 0 Å². The molecule has 2 fully saturated rings. The van der Waals surface area contributed by atoms with Gasteiger partial charge in [0, 0.05) is 18.1 Å². The van der Waals surface area contributed by atoms with Gasteiger partial charge in [-0.15, -0.1) is 0 Å². The van der Waals surface area contributed by atoms with E-state index >= 15 is 0 Å². The van der Waals surface area contributed by atoms with E-state index in [0.717, 1.165) is 13.0 Å². The van der Waals surface area contributed by atoms with E-state index in [2.05, 4.69) is 5.32 Å². The van der Waals surface area contributed by atoms with Crippen LogP contribution < -0.4 is 16.8 Å². The predicted octanol–water partition coefficient (Wildman–Crippen LogP) is -1.37. The van der Waals surface area contributed by atoms with Gasteiger partial charge in [-0.3, -0.25) is 0 Å². The maximum Gasteiger partial charge on any atom is 0.0374 e. The molecule has 1 heterocycles. The fourth-order valence-corrected chi connectivity index (χ4v) is 2.03. The van der Waals surface area contributed by atoms with Gasteiger partial charge in [0.1, 0.15) is 0 Å². The Hall–Kier alpha value is -0.120. The van der Waals surface area contributed by atoms with E-state index in [-0.39, 0.29) is 0 Å². The van der Waals surface area contributed by atoms with Crippen LogP contribution >= 0.6 is 0 Å². The lowest BCUT2D eigenvalue weighted by Crippen LogP contribution is -2.46. The van der Waals surface area contributed by atoms with Crippen LogP contribution in [-0.2, 0) is 0 Å². The minimum Gasteiger partial charge on any atom is -0.326 e. The van der Waals surface area contributed by atoms with Gasteiger partial charge in [0.2, 0.25) is 0 Å². The van der Waals surface area contributed by atoms with Crippen LogP contribution in [0.5, 0.6) is 0 Å². The molecule has 0 amide bonds. The Kier molecular flexibility index (Phi) is 1.06. The minimum absolute atomic E-state index is 0.318. The van der Waals surface area contributed by atoms with Crippen molar-refractivity contribution in [2.24, 2.45) is 17.4 Å². The van der Waals surface area contributed by atoms with Crippen molar-refractivity contribution >= 4 is 0 Å². The molecular weight excluding hydrogens is 114 g/mol. The molecule has 3 nitrogen and oxygen atoms in total. The zero-order chi connectivity index (χ0) is 6.43. The molecule has 2 rings (SSSR count). The van der Waals surface area contributed by atoms with Crippen LogP contribution in [0.3, 0.4) is 0 Å². The van der Waals surface area contributed by atoms with E-state index in [1.807, 2.05) is 0 Å². The van der Waals surface area contributed by atoms with Gasteiger partial charge in [-0.1, -0.05) is 0 Å². The van der Waals surface area contributed by atoms with Crippen LogP contribution in [0.2, 0.25) is 0 Å². The first-order valence-corrected chi connectivity index (χ1v) is 3.53. The molecule has 0 aromatic rings. The fourth-order valence-electron chi connectivity index (χ4n) is 2.03. The van der Waals surface area contributed by atoms with Crippen molar-refractivity contribution in [1.29, 1.82) is 0 Å². The van der Waals surface area contributed by atoms with Crippen molar-refractivity contribution in [1.82, 2.24) is 5.32 Å². The van der Waals surface area contributed by atoms with E-state index in [1.165, 1.54) is 0 Å². The number of fused-ring (bicyclic) bond motifs is 2. The average Bonchev–Trinajstić information content (AvgIpc) is 2.25.